The molecule has 47 heavy (non-hydrogen) atoms. The fourth-order valence-electron chi connectivity index (χ4n) is 7.14. The van der Waals surface area contributed by atoms with E-state index in [9.17, 15) is 0 Å². The Morgan fingerprint density at radius 3 is 1.62 bits per heavy atom. The number of benzene rings is 7. The highest BCUT2D eigenvalue weighted by Gasteiger charge is 2.22. The molecule has 2 heteroatoms. The van der Waals surface area contributed by atoms with Crippen LogP contribution in [-0.4, -0.2) is 4.98 Å². The van der Waals surface area contributed by atoms with Crippen LogP contribution in [0.4, 0.5) is 17.1 Å². The second-order valence-electron chi connectivity index (χ2n) is 12.0. The highest BCUT2D eigenvalue weighted by Crippen LogP contribution is 2.49. The lowest BCUT2D eigenvalue weighted by Gasteiger charge is -2.26. The summed E-state index contributed by atoms with van der Waals surface area (Å²) in [6, 6.07) is 61.2. The molecule has 7 aromatic carbocycles. The predicted molar refractivity (Wildman–Crippen MR) is 197 cm³/mol. The highest BCUT2D eigenvalue weighted by molar-refractivity contribution is 6.18. The molecule has 0 N–H and O–H groups in total. The number of anilines is 3. The van der Waals surface area contributed by atoms with Crippen LogP contribution in [-0.2, 0) is 0 Å². The standard InChI is InChI=1S/C45H30N2/c1-2-11-31(12-3-1)32-13-6-14-33(27-32)34-15-7-17-36(28-34)47(38-19-10-26-46-30-38)37-18-8-16-35(29-37)39-24-25-44-41-21-5-4-20-40(41)43-23-9-22-42(39)45(43)44/h1-30H. The summed E-state index contributed by atoms with van der Waals surface area (Å²) in [6.07, 6.45) is 3.76. The lowest BCUT2D eigenvalue weighted by atomic mass is 9.94. The Labute approximate surface area is 274 Å². The molecule has 0 fully saturated rings. The van der Waals surface area contributed by atoms with E-state index in [-0.39, 0.29) is 0 Å². The molecular weight excluding hydrogens is 569 g/mol. The summed E-state index contributed by atoms with van der Waals surface area (Å²) in [4.78, 5) is 6.81. The number of nitrogens with zero attached hydrogens (tertiary/aromatic N) is 2. The van der Waals surface area contributed by atoms with Gasteiger partial charge in [-0.15, -0.1) is 0 Å². The Hall–Kier alpha value is -6.25. The molecule has 0 atom stereocenters. The number of fused-ring (bicyclic) bond motifs is 3. The van der Waals surface area contributed by atoms with E-state index in [2.05, 4.69) is 174 Å². The Balaban J connectivity index is 1.16. The number of hydrogen-bond acceptors (Lipinski definition) is 2. The van der Waals surface area contributed by atoms with Gasteiger partial charge >= 0.3 is 0 Å². The average molecular weight is 599 g/mol. The van der Waals surface area contributed by atoms with Crippen LogP contribution in [0.25, 0.3) is 66.4 Å². The van der Waals surface area contributed by atoms with Crippen LogP contribution in [0.15, 0.2) is 182 Å². The third-order valence-electron chi connectivity index (χ3n) is 9.27. The third-order valence-corrected chi connectivity index (χ3v) is 9.27. The predicted octanol–water partition coefficient (Wildman–Crippen LogP) is 12.4. The lowest BCUT2D eigenvalue weighted by Crippen LogP contribution is -2.10. The molecule has 0 unspecified atom stereocenters. The minimum absolute atomic E-state index is 1.01. The van der Waals surface area contributed by atoms with Crippen molar-refractivity contribution in [3.05, 3.63) is 182 Å². The molecule has 0 spiro atoms. The summed E-state index contributed by atoms with van der Waals surface area (Å²) in [5, 5.41) is 2.62. The van der Waals surface area contributed by atoms with Gasteiger partial charge in [-0.1, -0.05) is 127 Å². The van der Waals surface area contributed by atoms with E-state index in [1.54, 1.807) is 0 Å². The Kier molecular flexibility index (Phi) is 6.50. The van der Waals surface area contributed by atoms with Crippen molar-refractivity contribution in [2.75, 3.05) is 4.90 Å². The van der Waals surface area contributed by atoms with E-state index in [1.165, 1.54) is 60.8 Å². The average Bonchev–Trinajstić information content (AvgIpc) is 3.48. The SMILES string of the molecule is c1ccc(-c2cccc(-c3cccc(N(c4cccnc4)c4cccc(-c5ccc6c7c(cccc57)-c5ccccc5-6)c4)c3)c2)cc1. The summed E-state index contributed by atoms with van der Waals surface area (Å²) in [6.45, 7) is 0. The van der Waals surface area contributed by atoms with Crippen molar-refractivity contribution in [1.82, 2.24) is 4.98 Å². The summed E-state index contributed by atoms with van der Waals surface area (Å²) in [5.74, 6) is 0. The smallest absolute Gasteiger partial charge is 0.0644 e. The normalized spacial score (nSPS) is 11.4. The van der Waals surface area contributed by atoms with Crippen LogP contribution >= 0.6 is 0 Å². The van der Waals surface area contributed by atoms with E-state index in [0.29, 0.717) is 0 Å². The van der Waals surface area contributed by atoms with Gasteiger partial charge in [0.1, 0.15) is 0 Å². The van der Waals surface area contributed by atoms with E-state index >= 15 is 0 Å². The molecule has 1 aromatic heterocycles. The summed E-state index contributed by atoms with van der Waals surface area (Å²) < 4.78 is 0. The third kappa shape index (κ3) is 4.70. The zero-order valence-electron chi connectivity index (χ0n) is 25.7. The maximum Gasteiger partial charge on any atom is 0.0644 e. The van der Waals surface area contributed by atoms with Gasteiger partial charge in [0.15, 0.2) is 0 Å². The monoisotopic (exact) mass is 598 g/mol. The molecule has 0 saturated heterocycles. The zero-order valence-corrected chi connectivity index (χ0v) is 25.7. The molecule has 0 bridgehead atoms. The second kappa shape index (κ2) is 11.3. The molecule has 1 aliphatic rings. The molecule has 1 heterocycles. The van der Waals surface area contributed by atoms with Crippen molar-refractivity contribution in [3.8, 4) is 55.6 Å². The molecule has 0 saturated carbocycles. The minimum Gasteiger partial charge on any atom is -0.309 e. The molecule has 8 aromatic rings. The van der Waals surface area contributed by atoms with Crippen LogP contribution in [0.5, 0.6) is 0 Å². The van der Waals surface area contributed by atoms with E-state index in [1.807, 2.05) is 18.5 Å². The van der Waals surface area contributed by atoms with Gasteiger partial charge in [0.2, 0.25) is 0 Å². The van der Waals surface area contributed by atoms with E-state index < -0.39 is 0 Å². The fraction of sp³-hybridized carbons (Fsp3) is 0. The Morgan fingerprint density at radius 2 is 0.872 bits per heavy atom. The number of rotatable bonds is 6. The van der Waals surface area contributed by atoms with Gasteiger partial charge in [0.05, 0.1) is 11.9 Å². The van der Waals surface area contributed by atoms with Gasteiger partial charge in [-0.2, -0.15) is 0 Å². The first kappa shape index (κ1) is 27.1. The first-order chi connectivity index (χ1) is 23.3. The Morgan fingerprint density at radius 1 is 0.340 bits per heavy atom. The van der Waals surface area contributed by atoms with Gasteiger partial charge in [-0.3, -0.25) is 4.98 Å². The van der Waals surface area contributed by atoms with Gasteiger partial charge in [0.25, 0.3) is 0 Å². The number of aromatic nitrogens is 1. The van der Waals surface area contributed by atoms with Crippen LogP contribution in [0.1, 0.15) is 0 Å². The lowest BCUT2D eigenvalue weighted by molar-refractivity contribution is 1.23. The van der Waals surface area contributed by atoms with Gasteiger partial charge in [-0.25, -0.2) is 0 Å². The maximum atomic E-state index is 4.51. The minimum atomic E-state index is 1.01. The molecule has 9 rings (SSSR count). The fourth-order valence-corrected chi connectivity index (χ4v) is 7.14. The van der Waals surface area contributed by atoms with Crippen LogP contribution in [0.2, 0.25) is 0 Å². The molecule has 0 amide bonds. The van der Waals surface area contributed by atoms with Crippen molar-refractivity contribution in [3.63, 3.8) is 0 Å². The molecule has 2 nitrogen and oxygen atoms in total. The first-order valence-corrected chi connectivity index (χ1v) is 16.0. The van der Waals surface area contributed by atoms with Crippen LogP contribution in [0, 0.1) is 0 Å². The van der Waals surface area contributed by atoms with Gasteiger partial charge in [0, 0.05) is 17.6 Å². The largest absolute Gasteiger partial charge is 0.309 e. The maximum absolute atomic E-state index is 4.51. The quantitative estimate of drug-likeness (QED) is 0.189. The van der Waals surface area contributed by atoms with Crippen molar-refractivity contribution in [1.29, 1.82) is 0 Å². The molecule has 0 aliphatic heterocycles. The zero-order chi connectivity index (χ0) is 31.2. The van der Waals surface area contributed by atoms with Crippen LogP contribution < -0.4 is 4.90 Å². The van der Waals surface area contributed by atoms with E-state index in [4.69, 9.17) is 0 Å². The van der Waals surface area contributed by atoms with Crippen molar-refractivity contribution < 1.29 is 0 Å². The summed E-state index contributed by atoms with van der Waals surface area (Å²) in [7, 11) is 0. The van der Waals surface area contributed by atoms with E-state index in [0.717, 1.165) is 22.6 Å². The van der Waals surface area contributed by atoms with Crippen molar-refractivity contribution in [2.45, 2.75) is 0 Å². The van der Waals surface area contributed by atoms with Crippen molar-refractivity contribution >= 4 is 27.8 Å². The van der Waals surface area contributed by atoms with Crippen LogP contribution in [0.3, 0.4) is 0 Å². The topological polar surface area (TPSA) is 16.1 Å². The van der Waals surface area contributed by atoms with Crippen molar-refractivity contribution in [2.24, 2.45) is 0 Å². The summed E-state index contributed by atoms with van der Waals surface area (Å²) in [5.41, 5.74) is 15.6. The molecule has 220 valence electrons. The molecular formula is C45H30N2. The highest BCUT2D eigenvalue weighted by atomic mass is 15.1. The molecule has 1 aliphatic carbocycles. The summed E-state index contributed by atoms with van der Waals surface area (Å²) >= 11 is 0. The first-order valence-electron chi connectivity index (χ1n) is 16.0. The van der Waals surface area contributed by atoms with Gasteiger partial charge in [-0.05, 0) is 109 Å². The van der Waals surface area contributed by atoms with Gasteiger partial charge < -0.3 is 4.90 Å². The number of hydrogen-bond donors (Lipinski definition) is 0. The molecule has 0 radical (unpaired) electrons. The Bertz CT molecular complexity index is 2380. The second-order valence-corrected chi connectivity index (χ2v) is 12.0. The number of pyridine rings is 1.